The average Bonchev–Trinajstić information content (AvgIpc) is 3.20. The first-order valence-electron chi connectivity index (χ1n) is 9.98. The molecule has 0 saturated carbocycles. The molecule has 3 aromatic rings. The third-order valence-electron chi connectivity index (χ3n) is 5.35. The van der Waals surface area contributed by atoms with Gasteiger partial charge in [-0.3, -0.25) is 9.59 Å². The molecule has 0 fully saturated rings. The molecule has 152 valence electrons. The Morgan fingerprint density at radius 3 is 2.53 bits per heavy atom. The van der Waals surface area contributed by atoms with Crippen LogP contribution in [-0.2, 0) is 13.0 Å². The molecule has 1 aliphatic rings. The van der Waals surface area contributed by atoms with Gasteiger partial charge in [-0.15, -0.1) is 0 Å². The lowest BCUT2D eigenvalue weighted by molar-refractivity contribution is 0.0949. The quantitative estimate of drug-likeness (QED) is 0.700. The predicted molar refractivity (Wildman–Crippen MR) is 117 cm³/mol. The van der Waals surface area contributed by atoms with E-state index >= 15 is 0 Å². The van der Waals surface area contributed by atoms with E-state index in [0.29, 0.717) is 24.2 Å². The minimum absolute atomic E-state index is 0.0259. The second-order valence-electron chi connectivity index (χ2n) is 7.45. The molecule has 4 rings (SSSR count). The summed E-state index contributed by atoms with van der Waals surface area (Å²) >= 11 is 0. The van der Waals surface area contributed by atoms with E-state index in [9.17, 15) is 9.59 Å². The van der Waals surface area contributed by atoms with E-state index in [1.807, 2.05) is 48.2 Å². The summed E-state index contributed by atoms with van der Waals surface area (Å²) in [7, 11) is 1.60. The fourth-order valence-electron chi connectivity index (χ4n) is 3.74. The van der Waals surface area contributed by atoms with Gasteiger partial charge in [0.15, 0.2) is 0 Å². The van der Waals surface area contributed by atoms with Crippen LogP contribution < -0.4 is 15.0 Å². The SMILES string of the molecule is COc1ccc(C(=O)NCc2ccc3c(c2)CCN3C(=O)c2cccc(C)c2)cc1. The Morgan fingerprint density at radius 1 is 1.00 bits per heavy atom. The van der Waals surface area contributed by atoms with Gasteiger partial charge in [0.1, 0.15) is 5.75 Å². The number of amides is 2. The molecule has 2 amide bonds. The molecule has 5 heteroatoms. The van der Waals surface area contributed by atoms with Crippen molar-refractivity contribution in [1.29, 1.82) is 0 Å². The molecule has 0 radical (unpaired) electrons. The van der Waals surface area contributed by atoms with Crippen LogP contribution in [0.4, 0.5) is 5.69 Å². The van der Waals surface area contributed by atoms with Crippen LogP contribution in [-0.4, -0.2) is 25.5 Å². The number of ether oxygens (including phenoxy) is 1. The van der Waals surface area contributed by atoms with Crippen molar-refractivity contribution in [3.8, 4) is 5.75 Å². The molecular formula is C25H24N2O3. The molecule has 0 saturated heterocycles. The summed E-state index contributed by atoms with van der Waals surface area (Å²) in [5, 5.41) is 2.95. The highest BCUT2D eigenvalue weighted by atomic mass is 16.5. The first-order valence-corrected chi connectivity index (χ1v) is 9.98. The minimum atomic E-state index is -0.130. The van der Waals surface area contributed by atoms with Crippen molar-refractivity contribution in [1.82, 2.24) is 5.32 Å². The smallest absolute Gasteiger partial charge is 0.258 e. The zero-order chi connectivity index (χ0) is 21.1. The number of methoxy groups -OCH3 is 1. The van der Waals surface area contributed by atoms with E-state index < -0.39 is 0 Å². The van der Waals surface area contributed by atoms with Crippen molar-refractivity contribution in [3.63, 3.8) is 0 Å². The number of hydrogen-bond acceptors (Lipinski definition) is 3. The van der Waals surface area contributed by atoms with Crippen molar-refractivity contribution in [2.75, 3.05) is 18.6 Å². The van der Waals surface area contributed by atoms with Crippen LogP contribution in [0.1, 0.15) is 37.4 Å². The van der Waals surface area contributed by atoms with Gasteiger partial charge in [0.05, 0.1) is 7.11 Å². The van der Waals surface area contributed by atoms with Crippen molar-refractivity contribution < 1.29 is 14.3 Å². The van der Waals surface area contributed by atoms with Gasteiger partial charge >= 0.3 is 0 Å². The maximum absolute atomic E-state index is 12.9. The van der Waals surface area contributed by atoms with Crippen LogP contribution in [0.25, 0.3) is 0 Å². The molecule has 3 aromatic carbocycles. The Kier molecular flexibility index (Phi) is 5.53. The summed E-state index contributed by atoms with van der Waals surface area (Å²) in [6, 6.07) is 20.7. The van der Waals surface area contributed by atoms with Crippen molar-refractivity contribution in [2.45, 2.75) is 19.9 Å². The molecule has 1 aliphatic heterocycles. The third-order valence-corrected chi connectivity index (χ3v) is 5.35. The zero-order valence-corrected chi connectivity index (χ0v) is 17.1. The van der Waals surface area contributed by atoms with Gasteiger partial charge in [-0.2, -0.15) is 0 Å². The Balaban J connectivity index is 1.43. The molecule has 0 atom stereocenters. The fraction of sp³-hybridized carbons (Fsp3) is 0.200. The lowest BCUT2D eigenvalue weighted by atomic mass is 10.1. The van der Waals surface area contributed by atoms with E-state index in [0.717, 1.165) is 34.5 Å². The first kappa shape index (κ1) is 19.7. The van der Waals surface area contributed by atoms with Crippen molar-refractivity contribution >= 4 is 17.5 Å². The number of aryl methyl sites for hydroxylation is 1. The van der Waals surface area contributed by atoms with Crippen LogP contribution in [0, 0.1) is 6.92 Å². The average molecular weight is 400 g/mol. The predicted octanol–water partition coefficient (Wildman–Crippen LogP) is 4.14. The summed E-state index contributed by atoms with van der Waals surface area (Å²) in [5.41, 5.74) is 5.47. The van der Waals surface area contributed by atoms with Crippen LogP contribution >= 0.6 is 0 Å². The van der Waals surface area contributed by atoms with Crippen LogP contribution in [0.5, 0.6) is 5.75 Å². The zero-order valence-electron chi connectivity index (χ0n) is 17.1. The minimum Gasteiger partial charge on any atom is -0.497 e. The van der Waals surface area contributed by atoms with Gasteiger partial charge in [0.25, 0.3) is 11.8 Å². The highest BCUT2D eigenvalue weighted by molar-refractivity contribution is 6.07. The first-order chi connectivity index (χ1) is 14.5. The largest absolute Gasteiger partial charge is 0.497 e. The lowest BCUT2D eigenvalue weighted by Gasteiger charge is -2.18. The third kappa shape index (κ3) is 4.06. The number of nitrogens with zero attached hydrogens (tertiary/aromatic N) is 1. The normalized spacial score (nSPS) is 12.4. The van der Waals surface area contributed by atoms with Gasteiger partial charge in [0.2, 0.25) is 0 Å². The van der Waals surface area contributed by atoms with Crippen LogP contribution in [0.3, 0.4) is 0 Å². The number of rotatable bonds is 5. The number of carbonyl (C=O) groups is 2. The van der Waals surface area contributed by atoms with Crippen molar-refractivity contribution in [3.05, 3.63) is 94.5 Å². The summed E-state index contributed by atoms with van der Waals surface area (Å²) < 4.78 is 5.12. The summed E-state index contributed by atoms with van der Waals surface area (Å²) in [6.07, 6.45) is 0.813. The van der Waals surface area contributed by atoms with Gasteiger partial charge < -0.3 is 15.0 Å². The maximum atomic E-state index is 12.9. The number of anilines is 1. The Bertz CT molecular complexity index is 1090. The van der Waals surface area contributed by atoms with E-state index in [1.54, 1.807) is 31.4 Å². The van der Waals surface area contributed by atoms with Gasteiger partial charge in [-0.05, 0) is 66.9 Å². The summed E-state index contributed by atoms with van der Waals surface area (Å²) in [4.78, 5) is 27.1. The van der Waals surface area contributed by atoms with E-state index in [2.05, 4.69) is 11.4 Å². The molecule has 0 unspecified atom stereocenters. The molecule has 5 nitrogen and oxygen atoms in total. The molecule has 1 N–H and O–H groups in total. The van der Waals surface area contributed by atoms with Gasteiger partial charge in [-0.25, -0.2) is 0 Å². The molecule has 0 bridgehead atoms. The van der Waals surface area contributed by atoms with Gasteiger partial charge in [-0.1, -0.05) is 29.8 Å². The van der Waals surface area contributed by atoms with Crippen LogP contribution in [0.15, 0.2) is 66.7 Å². The number of carbonyl (C=O) groups excluding carboxylic acids is 2. The highest BCUT2D eigenvalue weighted by Gasteiger charge is 2.25. The maximum Gasteiger partial charge on any atom is 0.258 e. The number of fused-ring (bicyclic) bond motifs is 1. The fourth-order valence-corrected chi connectivity index (χ4v) is 3.74. The molecule has 1 heterocycles. The highest BCUT2D eigenvalue weighted by Crippen LogP contribution is 2.30. The number of nitrogens with one attached hydrogen (secondary N) is 1. The van der Waals surface area contributed by atoms with E-state index in [4.69, 9.17) is 4.74 Å². The second-order valence-corrected chi connectivity index (χ2v) is 7.45. The summed E-state index contributed by atoms with van der Waals surface area (Å²) in [5.74, 6) is 0.613. The molecule has 0 spiro atoms. The second kappa shape index (κ2) is 8.41. The molecule has 30 heavy (non-hydrogen) atoms. The Hall–Kier alpha value is -3.60. The lowest BCUT2D eigenvalue weighted by Crippen LogP contribution is -2.28. The molecule has 0 aromatic heterocycles. The van der Waals surface area contributed by atoms with Crippen molar-refractivity contribution in [2.24, 2.45) is 0 Å². The number of hydrogen-bond donors (Lipinski definition) is 1. The van der Waals surface area contributed by atoms with E-state index in [-0.39, 0.29) is 11.8 Å². The topological polar surface area (TPSA) is 58.6 Å². The molecular weight excluding hydrogens is 376 g/mol. The monoisotopic (exact) mass is 400 g/mol. The Labute approximate surface area is 176 Å². The Morgan fingerprint density at radius 2 is 1.80 bits per heavy atom. The van der Waals surface area contributed by atoms with Gasteiger partial charge in [0, 0.05) is 29.9 Å². The van der Waals surface area contributed by atoms with Crippen LogP contribution in [0.2, 0.25) is 0 Å². The van der Waals surface area contributed by atoms with E-state index in [1.165, 1.54) is 0 Å². The number of benzene rings is 3. The molecule has 0 aliphatic carbocycles. The summed E-state index contributed by atoms with van der Waals surface area (Å²) in [6.45, 7) is 3.09. The standard InChI is InChI=1S/C25H24N2O3/c1-17-4-3-5-21(14-17)25(29)27-13-12-20-15-18(6-11-23(20)27)16-26-24(28)19-7-9-22(30-2)10-8-19/h3-11,14-15H,12-13,16H2,1-2H3,(H,26,28).